The summed E-state index contributed by atoms with van der Waals surface area (Å²) in [4.78, 5) is 39.2. The summed E-state index contributed by atoms with van der Waals surface area (Å²) < 4.78 is 11.6. The lowest BCUT2D eigenvalue weighted by atomic mass is 10.1. The Morgan fingerprint density at radius 3 is 2.58 bits per heavy atom. The number of carbonyl (C=O) groups is 2. The summed E-state index contributed by atoms with van der Waals surface area (Å²) in [5.74, 6) is 0.387. The SMILES string of the molecule is COc1cccc(COC2CN(CCc3ccccc3)C(=O)CN(C(=O)c3cccc4nccnc34)C2)c1. The number of methoxy groups -OCH3 is 1. The first kappa shape index (κ1) is 25.4. The van der Waals surface area contributed by atoms with Gasteiger partial charge in [-0.1, -0.05) is 48.5 Å². The molecule has 1 fully saturated rings. The quantitative estimate of drug-likeness (QED) is 0.359. The van der Waals surface area contributed by atoms with Gasteiger partial charge in [0.15, 0.2) is 0 Å². The van der Waals surface area contributed by atoms with Crippen molar-refractivity contribution < 1.29 is 19.1 Å². The van der Waals surface area contributed by atoms with Gasteiger partial charge in [-0.15, -0.1) is 0 Å². The van der Waals surface area contributed by atoms with Crippen LogP contribution >= 0.6 is 0 Å². The lowest BCUT2D eigenvalue weighted by Crippen LogP contribution is -2.40. The van der Waals surface area contributed by atoms with E-state index in [0.29, 0.717) is 36.3 Å². The Kier molecular flexibility index (Phi) is 7.89. The highest BCUT2D eigenvalue weighted by Crippen LogP contribution is 2.20. The number of hydrogen-bond donors (Lipinski definition) is 0. The molecule has 0 aliphatic carbocycles. The fraction of sp³-hybridized carbons (Fsp3) is 0.267. The van der Waals surface area contributed by atoms with Gasteiger partial charge in [-0.3, -0.25) is 19.6 Å². The molecule has 1 aliphatic heterocycles. The topological polar surface area (TPSA) is 84.9 Å². The van der Waals surface area contributed by atoms with E-state index in [1.54, 1.807) is 41.4 Å². The van der Waals surface area contributed by atoms with Crippen molar-refractivity contribution in [2.45, 2.75) is 19.1 Å². The normalized spacial score (nSPS) is 15.9. The number of aromatic nitrogens is 2. The van der Waals surface area contributed by atoms with Crippen molar-refractivity contribution >= 4 is 22.8 Å². The average molecular weight is 511 g/mol. The molecule has 1 saturated heterocycles. The van der Waals surface area contributed by atoms with Crippen LogP contribution < -0.4 is 4.74 Å². The van der Waals surface area contributed by atoms with E-state index in [1.165, 1.54) is 0 Å². The highest BCUT2D eigenvalue weighted by molar-refractivity contribution is 6.05. The predicted octanol–water partition coefficient (Wildman–Crippen LogP) is 3.75. The Hall–Kier alpha value is -4.30. The van der Waals surface area contributed by atoms with Gasteiger partial charge in [0.05, 0.1) is 30.9 Å². The summed E-state index contributed by atoms with van der Waals surface area (Å²) in [6.45, 7) is 1.54. The summed E-state index contributed by atoms with van der Waals surface area (Å²) >= 11 is 0. The van der Waals surface area contributed by atoms with Gasteiger partial charge in [0.2, 0.25) is 5.91 Å². The molecule has 1 atom stereocenters. The predicted molar refractivity (Wildman–Crippen MR) is 144 cm³/mol. The summed E-state index contributed by atoms with van der Waals surface area (Å²) in [6, 6.07) is 23.1. The minimum Gasteiger partial charge on any atom is -0.497 e. The zero-order valence-electron chi connectivity index (χ0n) is 21.3. The van der Waals surface area contributed by atoms with Crippen LogP contribution in [0.25, 0.3) is 11.0 Å². The maximum atomic E-state index is 13.7. The minimum absolute atomic E-state index is 0.0245. The van der Waals surface area contributed by atoms with Crippen molar-refractivity contribution in [2.75, 3.05) is 33.3 Å². The van der Waals surface area contributed by atoms with E-state index in [1.807, 2.05) is 48.5 Å². The second-order valence-corrected chi connectivity index (χ2v) is 9.28. The van der Waals surface area contributed by atoms with Gasteiger partial charge >= 0.3 is 0 Å². The van der Waals surface area contributed by atoms with Crippen LogP contribution in [0.5, 0.6) is 5.75 Å². The average Bonchev–Trinajstić information content (AvgIpc) is 3.13. The zero-order chi connectivity index (χ0) is 26.3. The van der Waals surface area contributed by atoms with E-state index in [0.717, 1.165) is 23.3 Å². The van der Waals surface area contributed by atoms with Crippen molar-refractivity contribution in [3.63, 3.8) is 0 Å². The number of fused-ring (bicyclic) bond motifs is 1. The highest BCUT2D eigenvalue weighted by Gasteiger charge is 2.32. The molecular formula is C30H30N4O4. The molecule has 1 aromatic heterocycles. The van der Waals surface area contributed by atoms with E-state index in [4.69, 9.17) is 9.47 Å². The van der Waals surface area contributed by atoms with Crippen LogP contribution in [-0.2, 0) is 22.6 Å². The van der Waals surface area contributed by atoms with Crippen molar-refractivity contribution in [1.29, 1.82) is 0 Å². The fourth-order valence-corrected chi connectivity index (χ4v) is 4.68. The Morgan fingerprint density at radius 1 is 0.947 bits per heavy atom. The molecule has 2 heterocycles. The largest absolute Gasteiger partial charge is 0.497 e. The van der Waals surface area contributed by atoms with Crippen LogP contribution in [0.1, 0.15) is 21.5 Å². The van der Waals surface area contributed by atoms with Crippen LogP contribution in [0.15, 0.2) is 85.2 Å². The van der Waals surface area contributed by atoms with Gasteiger partial charge in [0, 0.05) is 32.0 Å². The van der Waals surface area contributed by atoms with Crippen molar-refractivity contribution in [1.82, 2.24) is 19.8 Å². The van der Waals surface area contributed by atoms with Gasteiger partial charge in [-0.25, -0.2) is 0 Å². The summed E-state index contributed by atoms with van der Waals surface area (Å²) in [5.41, 5.74) is 3.69. The number of benzene rings is 3. The molecule has 5 rings (SSSR count). The number of amides is 2. The maximum Gasteiger partial charge on any atom is 0.256 e. The Labute approximate surface area is 221 Å². The molecule has 38 heavy (non-hydrogen) atoms. The Bertz CT molecular complexity index is 1410. The van der Waals surface area contributed by atoms with Gasteiger partial charge in [-0.2, -0.15) is 0 Å². The molecule has 8 nitrogen and oxygen atoms in total. The minimum atomic E-state index is -0.367. The van der Waals surface area contributed by atoms with Crippen LogP contribution in [0.3, 0.4) is 0 Å². The van der Waals surface area contributed by atoms with E-state index in [-0.39, 0.29) is 31.0 Å². The molecule has 0 bridgehead atoms. The van der Waals surface area contributed by atoms with Gasteiger partial charge < -0.3 is 19.3 Å². The third-order valence-corrected chi connectivity index (χ3v) is 6.68. The number of carbonyl (C=O) groups excluding carboxylic acids is 2. The lowest BCUT2D eigenvalue weighted by Gasteiger charge is -2.25. The molecule has 194 valence electrons. The number of nitrogens with zero attached hydrogens (tertiary/aromatic N) is 4. The van der Waals surface area contributed by atoms with Crippen LogP contribution in [-0.4, -0.2) is 71.0 Å². The number of para-hydroxylation sites is 1. The van der Waals surface area contributed by atoms with Crippen LogP contribution in [0, 0.1) is 0 Å². The maximum absolute atomic E-state index is 13.7. The number of ether oxygens (including phenoxy) is 2. The fourth-order valence-electron chi connectivity index (χ4n) is 4.68. The van der Waals surface area contributed by atoms with Crippen LogP contribution in [0.2, 0.25) is 0 Å². The first-order valence-electron chi connectivity index (χ1n) is 12.7. The van der Waals surface area contributed by atoms with Gasteiger partial charge in [0.25, 0.3) is 5.91 Å². The lowest BCUT2D eigenvalue weighted by molar-refractivity contribution is -0.131. The monoisotopic (exact) mass is 510 g/mol. The molecular weight excluding hydrogens is 480 g/mol. The third kappa shape index (κ3) is 5.98. The van der Waals surface area contributed by atoms with E-state index in [2.05, 4.69) is 22.1 Å². The van der Waals surface area contributed by atoms with Crippen LogP contribution in [0.4, 0.5) is 0 Å². The molecule has 0 saturated carbocycles. The second-order valence-electron chi connectivity index (χ2n) is 9.28. The molecule has 8 heteroatoms. The van der Waals surface area contributed by atoms with E-state index < -0.39 is 0 Å². The summed E-state index contributed by atoms with van der Waals surface area (Å²) in [7, 11) is 1.63. The Morgan fingerprint density at radius 2 is 1.74 bits per heavy atom. The van der Waals surface area contributed by atoms with Crippen molar-refractivity contribution in [3.05, 3.63) is 102 Å². The molecule has 2 amide bonds. The smallest absolute Gasteiger partial charge is 0.256 e. The van der Waals surface area contributed by atoms with Crippen molar-refractivity contribution in [3.8, 4) is 5.75 Å². The van der Waals surface area contributed by atoms with E-state index in [9.17, 15) is 9.59 Å². The summed E-state index contributed by atoms with van der Waals surface area (Å²) in [5, 5.41) is 0. The highest BCUT2D eigenvalue weighted by atomic mass is 16.5. The first-order chi connectivity index (χ1) is 18.6. The van der Waals surface area contributed by atoms with Crippen molar-refractivity contribution in [2.24, 2.45) is 0 Å². The molecule has 3 aromatic carbocycles. The second kappa shape index (κ2) is 11.8. The molecule has 1 aliphatic rings. The van der Waals surface area contributed by atoms with E-state index >= 15 is 0 Å². The molecule has 4 aromatic rings. The first-order valence-corrected chi connectivity index (χ1v) is 12.7. The molecule has 0 N–H and O–H groups in total. The molecule has 1 unspecified atom stereocenters. The van der Waals surface area contributed by atoms with Gasteiger partial charge in [-0.05, 0) is 41.8 Å². The number of hydrogen-bond acceptors (Lipinski definition) is 6. The standard InChI is InChI=1S/C30H30N4O4/c1-37-24-10-5-9-23(17-24)21-38-25-18-33(16-13-22-7-3-2-4-8-22)28(35)20-34(19-25)30(36)26-11-6-12-27-29(26)32-15-14-31-27/h2-12,14-15,17,25H,13,16,18-21H2,1H3. The number of rotatable bonds is 8. The molecule has 0 radical (unpaired) electrons. The van der Waals surface area contributed by atoms with Gasteiger partial charge in [0.1, 0.15) is 17.8 Å². The Balaban J connectivity index is 1.37. The third-order valence-electron chi connectivity index (χ3n) is 6.68. The molecule has 0 spiro atoms. The summed E-state index contributed by atoms with van der Waals surface area (Å²) in [6.07, 6.45) is 3.52. The zero-order valence-corrected chi connectivity index (χ0v) is 21.3.